The summed E-state index contributed by atoms with van der Waals surface area (Å²) < 4.78 is 0. The van der Waals surface area contributed by atoms with Crippen molar-refractivity contribution in [1.29, 1.82) is 0 Å². The highest BCUT2D eigenvalue weighted by atomic mass is 35.5. The first-order valence-corrected chi connectivity index (χ1v) is 5.09. The van der Waals surface area contributed by atoms with Crippen molar-refractivity contribution in [3.63, 3.8) is 0 Å². The predicted molar refractivity (Wildman–Crippen MR) is 60.9 cm³/mol. The maximum absolute atomic E-state index is 5.95. The fourth-order valence-electron chi connectivity index (χ4n) is 1.62. The van der Waals surface area contributed by atoms with E-state index in [9.17, 15) is 0 Å². The van der Waals surface area contributed by atoms with Crippen molar-refractivity contribution in [3.05, 3.63) is 35.0 Å². The van der Waals surface area contributed by atoms with Crippen LogP contribution < -0.4 is 5.32 Å². The molecular formula is C11H13ClN2. The zero-order chi connectivity index (χ0) is 9.97. The summed E-state index contributed by atoms with van der Waals surface area (Å²) in [5, 5.41) is 5.16. The number of hydrogen-bond donors (Lipinski definition) is 2. The summed E-state index contributed by atoms with van der Waals surface area (Å²) in [5.74, 6) is 0. The standard InChI is InChI=1S/C11H13ClN2/c1-13-5-4-8-7-14-11-3-2-9(12)6-10(8)11/h2-3,6-7,13-14H,4-5H2,1H3. The number of likely N-dealkylation sites (N-methyl/N-ethyl adjacent to an activating group) is 1. The molecule has 1 aromatic heterocycles. The fourth-order valence-corrected chi connectivity index (χ4v) is 1.79. The number of fused-ring (bicyclic) bond motifs is 1. The molecule has 1 aromatic carbocycles. The molecule has 0 bridgehead atoms. The molecule has 0 spiro atoms. The van der Waals surface area contributed by atoms with Crippen molar-refractivity contribution >= 4 is 22.5 Å². The van der Waals surface area contributed by atoms with E-state index in [1.54, 1.807) is 0 Å². The molecule has 1 heterocycles. The topological polar surface area (TPSA) is 27.8 Å². The third-order valence-corrected chi connectivity index (χ3v) is 2.61. The van der Waals surface area contributed by atoms with Crippen LogP contribution in [0.25, 0.3) is 10.9 Å². The van der Waals surface area contributed by atoms with Crippen LogP contribution >= 0.6 is 11.6 Å². The number of H-pyrrole nitrogens is 1. The second kappa shape index (κ2) is 4.03. The maximum Gasteiger partial charge on any atom is 0.0457 e. The van der Waals surface area contributed by atoms with Gasteiger partial charge in [0, 0.05) is 22.1 Å². The molecule has 0 aliphatic rings. The van der Waals surface area contributed by atoms with Crippen molar-refractivity contribution in [2.75, 3.05) is 13.6 Å². The molecule has 0 atom stereocenters. The van der Waals surface area contributed by atoms with Crippen LogP contribution in [0.5, 0.6) is 0 Å². The molecule has 0 fully saturated rings. The number of aromatic nitrogens is 1. The quantitative estimate of drug-likeness (QED) is 0.798. The Hall–Kier alpha value is -0.990. The van der Waals surface area contributed by atoms with Gasteiger partial charge in [-0.15, -0.1) is 0 Å². The first kappa shape index (κ1) is 9.56. The average Bonchev–Trinajstić information content (AvgIpc) is 2.57. The highest BCUT2D eigenvalue weighted by molar-refractivity contribution is 6.31. The van der Waals surface area contributed by atoms with Crippen molar-refractivity contribution in [1.82, 2.24) is 10.3 Å². The summed E-state index contributed by atoms with van der Waals surface area (Å²) in [7, 11) is 1.96. The number of hydrogen-bond acceptors (Lipinski definition) is 1. The van der Waals surface area contributed by atoms with Crippen LogP contribution in [-0.2, 0) is 6.42 Å². The first-order chi connectivity index (χ1) is 6.81. The molecule has 0 amide bonds. The summed E-state index contributed by atoms with van der Waals surface area (Å²) in [4.78, 5) is 3.24. The van der Waals surface area contributed by atoms with Crippen LogP contribution in [0.1, 0.15) is 5.56 Å². The van der Waals surface area contributed by atoms with Crippen molar-refractivity contribution < 1.29 is 0 Å². The number of rotatable bonds is 3. The molecular weight excluding hydrogens is 196 g/mol. The van der Waals surface area contributed by atoms with E-state index in [2.05, 4.69) is 16.5 Å². The fraction of sp³-hybridized carbons (Fsp3) is 0.273. The summed E-state index contributed by atoms with van der Waals surface area (Å²) in [5.41, 5.74) is 2.47. The highest BCUT2D eigenvalue weighted by Gasteiger charge is 2.02. The van der Waals surface area contributed by atoms with Crippen molar-refractivity contribution in [3.8, 4) is 0 Å². The second-order valence-electron chi connectivity index (χ2n) is 3.36. The highest BCUT2D eigenvalue weighted by Crippen LogP contribution is 2.22. The van der Waals surface area contributed by atoms with Crippen LogP contribution in [0.4, 0.5) is 0 Å². The van der Waals surface area contributed by atoms with Gasteiger partial charge >= 0.3 is 0 Å². The van der Waals surface area contributed by atoms with Crippen LogP contribution in [-0.4, -0.2) is 18.6 Å². The zero-order valence-corrected chi connectivity index (χ0v) is 8.86. The largest absolute Gasteiger partial charge is 0.361 e. The zero-order valence-electron chi connectivity index (χ0n) is 8.10. The van der Waals surface area contributed by atoms with Crippen molar-refractivity contribution in [2.45, 2.75) is 6.42 Å². The van der Waals surface area contributed by atoms with Gasteiger partial charge < -0.3 is 10.3 Å². The maximum atomic E-state index is 5.95. The number of nitrogens with one attached hydrogen (secondary N) is 2. The van der Waals surface area contributed by atoms with E-state index >= 15 is 0 Å². The molecule has 0 aliphatic heterocycles. The minimum atomic E-state index is 0.794. The smallest absolute Gasteiger partial charge is 0.0457 e. The molecule has 2 N–H and O–H groups in total. The Morgan fingerprint density at radius 3 is 3.07 bits per heavy atom. The van der Waals surface area contributed by atoms with Gasteiger partial charge in [-0.2, -0.15) is 0 Å². The lowest BCUT2D eigenvalue weighted by Gasteiger charge is -1.98. The molecule has 2 rings (SSSR count). The van der Waals surface area contributed by atoms with E-state index in [-0.39, 0.29) is 0 Å². The molecule has 0 radical (unpaired) electrons. The van der Waals surface area contributed by atoms with Gasteiger partial charge in [-0.05, 0) is 43.8 Å². The van der Waals surface area contributed by atoms with E-state index < -0.39 is 0 Å². The third-order valence-electron chi connectivity index (χ3n) is 2.37. The van der Waals surface area contributed by atoms with Crippen molar-refractivity contribution in [2.24, 2.45) is 0 Å². The molecule has 2 aromatic rings. The minimum absolute atomic E-state index is 0.794. The minimum Gasteiger partial charge on any atom is -0.361 e. The van der Waals surface area contributed by atoms with E-state index in [1.807, 2.05) is 25.2 Å². The van der Waals surface area contributed by atoms with Gasteiger partial charge in [-0.25, -0.2) is 0 Å². The number of halogens is 1. The van der Waals surface area contributed by atoms with Gasteiger partial charge in [0.1, 0.15) is 0 Å². The molecule has 0 aliphatic carbocycles. The Morgan fingerprint density at radius 2 is 2.29 bits per heavy atom. The van der Waals surface area contributed by atoms with Crippen LogP contribution in [0.3, 0.4) is 0 Å². The second-order valence-corrected chi connectivity index (χ2v) is 3.79. The summed E-state index contributed by atoms with van der Waals surface area (Å²) in [6.45, 7) is 0.986. The molecule has 14 heavy (non-hydrogen) atoms. The first-order valence-electron chi connectivity index (χ1n) is 4.71. The van der Waals surface area contributed by atoms with Gasteiger partial charge in [0.05, 0.1) is 0 Å². The lowest BCUT2D eigenvalue weighted by Crippen LogP contribution is -2.09. The predicted octanol–water partition coefficient (Wildman–Crippen LogP) is 2.58. The van der Waals surface area contributed by atoms with Crippen LogP contribution in [0, 0.1) is 0 Å². The molecule has 2 nitrogen and oxygen atoms in total. The van der Waals surface area contributed by atoms with Gasteiger partial charge in [0.15, 0.2) is 0 Å². The van der Waals surface area contributed by atoms with E-state index in [1.165, 1.54) is 10.9 Å². The molecule has 0 saturated heterocycles. The Labute approximate surface area is 88.3 Å². The summed E-state index contributed by atoms with van der Waals surface area (Å²) in [6, 6.07) is 5.93. The van der Waals surface area contributed by atoms with Gasteiger partial charge in [-0.1, -0.05) is 11.6 Å². The normalized spacial score (nSPS) is 11.0. The third kappa shape index (κ3) is 1.76. The Balaban J connectivity index is 2.40. The summed E-state index contributed by atoms with van der Waals surface area (Å²) >= 11 is 5.95. The van der Waals surface area contributed by atoms with Crippen LogP contribution in [0.15, 0.2) is 24.4 Å². The Kier molecular flexibility index (Phi) is 2.75. The van der Waals surface area contributed by atoms with E-state index in [0.717, 1.165) is 23.5 Å². The monoisotopic (exact) mass is 208 g/mol. The van der Waals surface area contributed by atoms with Gasteiger partial charge in [-0.3, -0.25) is 0 Å². The number of benzene rings is 1. The van der Waals surface area contributed by atoms with Gasteiger partial charge in [0.25, 0.3) is 0 Å². The van der Waals surface area contributed by atoms with E-state index in [4.69, 9.17) is 11.6 Å². The number of aromatic amines is 1. The van der Waals surface area contributed by atoms with Gasteiger partial charge in [0.2, 0.25) is 0 Å². The molecule has 0 unspecified atom stereocenters. The average molecular weight is 209 g/mol. The molecule has 0 saturated carbocycles. The lowest BCUT2D eigenvalue weighted by molar-refractivity contribution is 0.795. The van der Waals surface area contributed by atoms with Crippen LogP contribution in [0.2, 0.25) is 5.02 Å². The SMILES string of the molecule is CNCCc1c[nH]c2ccc(Cl)cc12. The van der Waals surface area contributed by atoms with E-state index in [0.29, 0.717) is 0 Å². The lowest BCUT2D eigenvalue weighted by atomic mass is 10.1. The molecule has 3 heteroatoms. The molecule has 74 valence electrons. The Bertz CT molecular complexity index is 434. The summed E-state index contributed by atoms with van der Waals surface area (Å²) in [6.07, 6.45) is 3.08. The Morgan fingerprint density at radius 1 is 1.43 bits per heavy atom.